The van der Waals surface area contributed by atoms with Crippen molar-refractivity contribution in [3.05, 3.63) is 24.3 Å². The number of esters is 1. The number of carbonyl (C=O) groups excluding carboxylic acids is 3. The van der Waals surface area contributed by atoms with Gasteiger partial charge in [0.1, 0.15) is 6.04 Å². The van der Waals surface area contributed by atoms with Gasteiger partial charge in [-0.1, -0.05) is 20.3 Å². The van der Waals surface area contributed by atoms with Crippen molar-refractivity contribution in [2.75, 3.05) is 36.5 Å². The first-order valence-corrected chi connectivity index (χ1v) is 14.9. The highest BCUT2D eigenvalue weighted by atomic mass is 32.2. The minimum atomic E-state index is -0.792. The van der Waals surface area contributed by atoms with E-state index in [-0.39, 0.29) is 36.9 Å². The van der Waals surface area contributed by atoms with Gasteiger partial charge in [-0.25, -0.2) is 0 Å². The van der Waals surface area contributed by atoms with Gasteiger partial charge in [-0.15, -0.1) is 11.8 Å². The molecule has 0 aromatic heterocycles. The Labute approximate surface area is 230 Å². The number of anilines is 2. The lowest BCUT2D eigenvalue weighted by Gasteiger charge is -2.39. The summed E-state index contributed by atoms with van der Waals surface area (Å²) in [5, 5.41) is 13.5. The molecular formula is C29H43N3O5S. The van der Waals surface area contributed by atoms with Gasteiger partial charge in [-0.3, -0.25) is 14.4 Å². The Morgan fingerprint density at radius 1 is 1.18 bits per heavy atom. The number of likely N-dealkylation sites (tertiary alicyclic amines) is 1. The number of hydrogen-bond donors (Lipinski definition) is 2. The summed E-state index contributed by atoms with van der Waals surface area (Å²) in [5.41, 5.74) is 1.74. The monoisotopic (exact) mass is 545 g/mol. The maximum Gasteiger partial charge on any atom is 0.311 e. The molecule has 2 amide bonds. The standard InChI is InChI=1S/C29H43N3O5S/c1-7-18(5)21(17-33)32-24(25(34)30-19-11-13-20(14-12-19)31(8-2)9-3)29-16-15-28(6,38-29)23(22(29)26(32)35)27(36)37-10-4/h11-14,18,21-24,33H,7-10,15-17H2,1-6H3,(H,30,34)/t18-,21-,22-,23-,24?,28+,29?/m0/s1. The number of nitrogens with one attached hydrogen (secondary N) is 1. The van der Waals surface area contributed by atoms with Gasteiger partial charge < -0.3 is 25.0 Å². The largest absolute Gasteiger partial charge is 0.466 e. The van der Waals surface area contributed by atoms with Gasteiger partial charge in [0.15, 0.2) is 0 Å². The third-order valence-electron chi connectivity index (χ3n) is 9.11. The van der Waals surface area contributed by atoms with Gasteiger partial charge >= 0.3 is 5.97 Å². The van der Waals surface area contributed by atoms with Crippen molar-refractivity contribution >= 4 is 40.9 Å². The molecule has 1 aromatic carbocycles. The molecule has 0 radical (unpaired) electrons. The maximum absolute atomic E-state index is 14.2. The molecule has 3 aliphatic rings. The molecule has 2 bridgehead atoms. The van der Waals surface area contributed by atoms with Crippen molar-refractivity contribution in [1.82, 2.24) is 4.90 Å². The minimum absolute atomic E-state index is 0.0124. The maximum atomic E-state index is 14.2. The number of aliphatic hydroxyl groups is 1. The molecule has 210 valence electrons. The Bertz CT molecular complexity index is 1050. The number of amides is 2. The normalized spacial score (nSPS) is 31.2. The average Bonchev–Trinajstić information content (AvgIpc) is 3.47. The molecule has 3 heterocycles. The molecule has 4 rings (SSSR count). The molecule has 7 atom stereocenters. The Kier molecular flexibility index (Phi) is 8.38. The number of nitrogens with zero attached hydrogens (tertiary/aromatic N) is 2. The molecule has 3 fully saturated rings. The van der Waals surface area contributed by atoms with E-state index in [1.165, 1.54) is 0 Å². The van der Waals surface area contributed by atoms with Crippen LogP contribution in [0.4, 0.5) is 11.4 Å². The summed E-state index contributed by atoms with van der Waals surface area (Å²) in [6.07, 6.45) is 2.14. The van der Waals surface area contributed by atoms with Crippen LogP contribution in [0.5, 0.6) is 0 Å². The van der Waals surface area contributed by atoms with Crippen LogP contribution in [0.3, 0.4) is 0 Å². The molecule has 3 aliphatic heterocycles. The molecule has 2 N–H and O–H groups in total. The van der Waals surface area contributed by atoms with Crippen molar-refractivity contribution in [3.63, 3.8) is 0 Å². The van der Waals surface area contributed by atoms with E-state index >= 15 is 0 Å². The fraction of sp³-hybridized carbons (Fsp3) is 0.690. The van der Waals surface area contributed by atoms with E-state index in [2.05, 4.69) is 24.1 Å². The van der Waals surface area contributed by atoms with E-state index in [1.54, 1.807) is 23.6 Å². The minimum Gasteiger partial charge on any atom is -0.466 e. The SMILES string of the molecule is CCOC(=O)[C@@H]1[C@H]2C(=O)N([C@@H](CO)[C@@H](C)CC)C(C(=O)Nc3ccc(N(CC)CC)cc3)C23CC[C@@]1(C)S3. The highest BCUT2D eigenvalue weighted by Gasteiger charge is 2.78. The summed E-state index contributed by atoms with van der Waals surface area (Å²) in [6.45, 7) is 13.8. The van der Waals surface area contributed by atoms with E-state index < -0.39 is 33.4 Å². The Hall–Kier alpha value is -2.26. The zero-order chi connectivity index (χ0) is 27.8. The second kappa shape index (κ2) is 11.1. The molecule has 1 spiro atoms. The van der Waals surface area contributed by atoms with Crippen molar-refractivity contribution in [3.8, 4) is 0 Å². The first kappa shape index (κ1) is 28.7. The summed E-state index contributed by atoms with van der Waals surface area (Å²) in [6, 6.07) is 6.46. The van der Waals surface area contributed by atoms with E-state index in [1.807, 2.05) is 45.0 Å². The molecular weight excluding hydrogens is 502 g/mol. The zero-order valence-corrected chi connectivity index (χ0v) is 24.3. The first-order valence-electron chi connectivity index (χ1n) is 14.1. The van der Waals surface area contributed by atoms with Crippen LogP contribution >= 0.6 is 11.8 Å². The van der Waals surface area contributed by atoms with Crippen LogP contribution in [0, 0.1) is 17.8 Å². The van der Waals surface area contributed by atoms with Crippen molar-refractivity contribution in [2.45, 2.75) is 82.4 Å². The zero-order valence-electron chi connectivity index (χ0n) is 23.5. The number of benzene rings is 1. The number of thioether (sulfide) groups is 1. The van der Waals surface area contributed by atoms with Gasteiger partial charge in [0.25, 0.3) is 0 Å². The Balaban J connectivity index is 1.72. The van der Waals surface area contributed by atoms with E-state index in [0.717, 1.165) is 31.6 Å². The molecule has 0 saturated carbocycles. The molecule has 0 aliphatic carbocycles. The van der Waals surface area contributed by atoms with Crippen molar-refractivity contribution < 1.29 is 24.2 Å². The molecule has 3 saturated heterocycles. The number of aliphatic hydroxyl groups excluding tert-OH is 1. The Morgan fingerprint density at radius 3 is 2.39 bits per heavy atom. The summed E-state index contributed by atoms with van der Waals surface area (Å²) in [7, 11) is 0. The van der Waals surface area contributed by atoms with Crippen LogP contribution in [0.25, 0.3) is 0 Å². The first-order chi connectivity index (χ1) is 18.1. The quantitative estimate of drug-likeness (QED) is 0.407. The third-order valence-corrected chi connectivity index (χ3v) is 11.1. The molecule has 8 nitrogen and oxygen atoms in total. The lowest BCUT2D eigenvalue weighted by atomic mass is 9.66. The fourth-order valence-corrected chi connectivity index (χ4v) is 9.31. The topological polar surface area (TPSA) is 99.2 Å². The highest BCUT2D eigenvalue weighted by Crippen LogP contribution is 2.71. The second-order valence-corrected chi connectivity index (χ2v) is 13.0. The van der Waals surface area contributed by atoms with Crippen LogP contribution in [-0.2, 0) is 19.1 Å². The van der Waals surface area contributed by atoms with Crippen LogP contribution < -0.4 is 10.2 Å². The highest BCUT2D eigenvalue weighted by molar-refractivity contribution is 8.02. The Morgan fingerprint density at radius 2 is 1.84 bits per heavy atom. The van der Waals surface area contributed by atoms with Gasteiger partial charge in [0.05, 0.1) is 35.8 Å². The van der Waals surface area contributed by atoms with E-state index in [4.69, 9.17) is 4.74 Å². The summed E-state index contributed by atoms with van der Waals surface area (Å²) in [4.78, 5) is 45.4. The average molecular weight is 546 g/mol. The number of fused-ring (bicyclic) bond motifs is 1. The molecule has 2 unspecified atom stereocenters. The molecule has 1 aromatic rings. The van der Waals surface area contributed by atoms with E-state index in [9.17, 15) is 19.5 Å². The molecule has 38 heavy (non-hydrogen) atoms. The number of hydrogen-bond acceptors (Lipinski definition) is 7. The summed E-state index contributed by atoms with van der Waals surface area (Å²) >= 11 is 1.62. The van der Waals surface area contributed by atoms with Crippen LogP contribution in [-0.4, -0.2) is 75.7 Å². The summed E-state index contributed by atoms with van der Waals surface area (Å²) in [5.74, 6) is -2.11. The smallest absolute Gasteiger partial charge is 0.311 e. The molecule has 9 heteroatoms. The van der Waals surface area contributed by atoms with Crippen molar-refractivity contribution in [1.29, 1.82) is 0 Å². The van der Waals surface area contributed by atoms with Gasteiger partial charge in [0, 0.05) is 29.2 Å². The summed E-state index contributed by atoms with van der Waals surface area (Å²) < 4.78 is 4.25. The van der Waals surface area contributed by atoms with Crippen LogP contribution in [0.1, 0.15) is 60.8 Å². The van der Waals surface area contributed by atoms with Gasteiger partial charge in [0.2, 0.25) is 11.8 Å². The van der Waals surface area contributed by atoms with Gasteiger partial charge in [-0.2, -0.15) is 0 Å². The predicted molar refractivity (Wildman–Crippen MR) is 151 cm³/mol. The predicted octanol–water partition coefficient (Wildman–Crippen LogP) is 3.92. The van der Waals surface area contributed by atoms with Crippen LogP contribution in [0.2, 0.25) is 0 Å². The van der Waals surface area contributed by atoms with Crippen molar-refractivity contribution in [2.24, 2.45) is 17.8 Å². The number of ether oxygens (including phenoxy) is 1. The fourth-order valence-electron chi connectivity index (χ4n) is 6.98. The van der Waals surface area contributed by atoms with Crippen LogP contribution in [0.15, 0.2) is 24.3 Å². The third kappa shape index (κ3) is 4.49. The lowest BCUT2D eigenvalue weighted by Crippen LogP contribution is -2.56. The van der Waals surface area contributed by atoms with Gasteiger partial charge in [-0.05, 0) is 70.7 Å². The number of carbonyl (C=O) groups is 3. The number of rotatable bonds is 11. The van der Waals surface area contributed by atoms with E-state index in [0.29, 0.717) is 12.1 Å². The second-order valence-electron chi connectivity index (χ2n) is 11.1. The lowest BCUT2D eigenvalue weighted by molar-refractivity contribution is -0.155.